The molecule has 0 radical (unpaired) electrons. The Labute approximate surface area is 119 Å². The van der Waals surface area contributed by atoms with E-state index in [1.807, 2.05) is 0 Å². The fourth-order valence-corrected chi connectivity index (χ4v) is 2.39. The highest BCUT2D eigenvalue weighted by Gasteiger charge is 2.24. The van der Waals surface area contributed by atoms with Gasteiger partial charge in [-0.15, -0.1) is 0 Å². The van der Waals surface area contributed by atoms with Gasteiger partial charge in [0.25, 0.3) is 0 Å². The second-order valence-corrected chi connectivity index (χ2v) is 5.65. The minimum atomic E-state index is -1.04. The number of carbonyl (C=O) groups is 3. The first kappa shape index (κ1) is 16.5. The molecule has 114 valence electrons. The molecule has 1 aliphatic carbocycles. The molecule has 0 bridgehead atoms. The Morgan fingerprint density at radius 1 is 1.20 bits per heavy atom. The molecule has 1 saturated carbocycles. The molecule has 3 N–H and O–H groups in total. The van der Waals surface area contributed by atoms with Gasteiger partial charge in [-0.1, -0.05) is 26.7 Å². The molecular formula is C14H24N2O4. The van der Waals surface area contributed by atoms with Gasteiger partial charge in [-0.3, -0.25) is 9.59 Å². The third kappa shape index (κ3) is 5.19. The molecule has 1 fully saturated rings. The van der Waals surface area contributed by atoms with Crippen LogP contribution in [0, 0.1) is 11.8 Å². The molecule has 0 aromatic carbocycles. The maximum Gasteiger partial charge on any atom is 0.326 e. The smallest absolute Gasteiger partial charge is 0.326 e. The van der Waals surface area contributed by atoms with Crippen LogP contribution in [0.4, 0.5) is 0 Å². The highest BCUT2D eigenvalue weighted by molar-refractivity contribution is 5.84. The van der Waals surface area contributed by atoms with Crippen LogP contribution in [0.1, 0.15) is 46.0 Å². The third-order valence-electron chi connectivity index (χ3n) is 3.63. The van der Waals surface area contributed by atoms with E-state index in [1.165, 1.54) is 0 Å². The standard InChI is InChI=1S/C14H24N2O4/c1-9(2)12(14(19)20)16-11(17)7-8-15-13(18)10-5-3-4-6-10/h9-10,12H,3-8H2,1-2H3,(H,15,18)(H,16,17)(H,19,20)/t12-/m1/s1. The fourth-order valence-electron chi connectivity index (χ4n) is 2.39. The van der Waals surface area contributed by atoms with E-state index in [-0.39, 0.29) is 36.6 Å². The maximum absolute atomic E-state index is 11.7. The van der Waals surface area contributed by atoms with Crippen LogP contribution in [0.2, 0.25) is 0 Å². The molecular weight excluding hydrogens is 260 g/mol. The van der Waals surface area contributed by atoms with Crippen molar-refractivity contribution in [2.75, 3.05) is 6.54 Å². The molecule has 2 amide bonds. The van der Waals surface area contributed by atoms with Crippen molar-refractivity contribution < 1.29 is 19.5 Å². The molecule has 0 aromatic rings. The molecule has 0 aliphatic heterocycles. The molecule has 0 saturated heterocycles. The number of nitrogens with one attached hydrogen (secondary N) is 2. The normalized spacial score (nSPS) is 16.9. The Morgan fingerprint density at radius 2 is 1.80 bits per heavy atom. The summed E-state index contributed by atoms with van der Waals surface area (Å²) in [5, 5.41) is 14.2. The van der Waals surface area contributed by atoms with Crippen LogP contribution in [0.5, 0.6) is 0 Å². The van der Waals surface area contributed by atoms with E-state index in [9.17, 15) is 14.4 Å². The second kappa shape index (κ2) is 7.87. The van der Waals surface area contributed by atoms with Crippen molar-refractivity contribution in [2.45, 2.75) is 52.0 Å². The van der Waals surface area contributed by atoms with E-state index in [0.29, 0.717) is 0 Å². The molecule has 6 nitrogen and oxygen atoms in total. The number of amides is 2. The van der Waals surface area contributed by atoms with E-state index in [4.69, 9.17) is 5.11 Å². The van der Waals surface area contributed by atoms with Crippen molar-refractivity contribution in [3.63, 3.8) is 0 Å². The number of carbonyl (C=O) groups excluding carboxylic acids is 2. The van der Waals surface area contributed by atoms with Gasteiger partial charge >= 0.3 is 5.97 Å². The van der Waals surface area contributed by atoms with Gasteiger partial charge in [-0.2, -0.15) is 0 Å². The first-order chi connectivity index (χ1) is 9.41. The molecule has 0 unspecified atom stereocenters. The Kier molecular flexibility index (Phi) is 6.48. The molecule has 1 atom stereocenters. The predicted octanol–water partition coefficient (Wildman–Crippen LogP) is 0.908. The lowest BCUT2D eigenvalue weighted by Gasteiger charge is -2.18. The van der Waals surface area contributed by atoms with Crippen LogP contribution in [0.3, 0.4) is 0 Å². The van der Waals surface area contributed by atoms with Gasteiger partial charge in [-0.25, -0.2) is 4.79 Å². The quantitative estimate of drug-likeness (QED) is 0.647. The van der Waals surface area contributed by atoms with Crippen molar-refractivity contribution in [1.82, 2.24) is 10.6 Å². The van der Waals surface area contributed by atoms with Crippen molar-refractivity contribution in [3.8, 4) is 0 Å². The Hall–Kier alpha value is -1.59. The predicted molar refractivity (Wildman–Crippen MR) is 74.0 cm³/mol. The second-order valence-electron chi connectivity index (χ2n) is 5.65. The Morgan fingerprint density at radius 3 is 2.30 bits per heavy atom. The van der Waals surface area contributed by atoms with Crippen LogP contribution in [-0.4, -0.2) is 35.5 Å². The van der Waals surface area contributed by atoms with Gasteiger partial charge in [0.2, 0.25) is 11.8 Å². The first-order valence-corrected chi connectivity index (χ1v) is 7.21. The Balaban J connectivity index is 2.25. The van der Waals surface area contributed by atoms with E-state index >= 15 is 0 Å². The maximum atomic E-state index is 11.7. The zero-order valence-electron chi connectivity index (χ0n) is 12.1. The summed E-state index contributed by atoms with van der Waals surface area (Å²) in [6.45, 7) is 3.73. The summed E-state index contributed by atoms with van der Waals surface area (Å²) in [5.41, 5.74) is 0. The number of hydrogen-bond donors (Lipinski definition) is 3. The average Bonchev–Trinajstić information content (AvgIpc) is 2.88. The fraction of sp³-hybridized carbons (Fsp3) is 0.786. The summed E-state index contributed by atoms with van der Waals surface area (Å²) >= 11 is 0. The summed E-state index contributed by atoms with van der Waals surface area (Å²) in [5.74, 6) is -1.47. The molecule has 0 aromatic heterocycles. The lowest BCUT2D eigenvalue weighted by molar-refractivity contribution is -0.143. The number of carboxylic acids is 1. The van der Waals surface area contributed by atoms with Crippen molar-refractivity contribution >= 4 is 17.8 Å². The SMILES string of the molecule is CC(C)[C@@H](NC(=O)CCNC(=O)C1CCCC1)C(=O)O. The van der Waals surface area contributed by atoms with Crippen LogP contribution >= 0.6 is 0 Å². The third-order valence-corrected chi connectivity index (χ3v) is 3.63. The van der Waals surface area contributed by atoms with Gasteiger partial charge in [0.15, 0.2) is 0 Å². The van der Waals surface area contributed by atoms with E-state index < -0.39 is 12.0 Å². The highest BCUT2D eigenvalue weighted by atomic mass is 16.4. The minimum absolute atomic E-state index is 0.00828. The van der Waals surface area contributed by atoms with Crippen molar-refractivity contribution in [1.29, 1.82) is 0 Å². The zero-order valence-corrected chi connectivity index (χ0v) is 12.1. The largest absolute Gasteiger partial charge is 0.480 e. The summed E-state index contributed by atoms with van der Waals surface area (Å²) in [7, 11) is 0. The van der Waals surface area contributed by atoms with Crippen molar-refractivity contribution in [3.05, 3.63) is 0 Å². The van der Waals surface area contributed by atoms with Crippen LogP contribution < -0.4 is 10.6 Å². The zero-order chi connectivity index (χ0) is 15.1. The van der Waals surface area contributed by atoms with Crippen LogP contribution in [0.25, 0.3) is 0 Å². The van der Waals surface area contributed by atoms with Gasteiger partial charge in [0, 0.05) is 18.9 Å². The minimum Gasteiger partial charge on any atom is -0.480 e. The van der Waals surface area contributed by atoms with E-state index in [0.717, 1.165) is 25.7 Å². The molecule has 6 heteroatoms. The lowest BCUT2D eigenvalue weighted by atomic mass is 10.0. The van der Waals surface area contributed by atoms with E-state index in [1.54, 1.807) is 13.8 Å². The van der Waals surface area contributed by atoms with Gasteiger partial charge in [0.1, 0.15) is 6.04 Å². The summed E-state index contributed by atoms with van der Waals surface area (Å²) in [6.07, 6.45) is 4.13. The summed E-state index contributed by atoms with van der Waals surface area (Å²) < 4.78 is 0. The summed E-state index contributed by atoms with van der Waals surface area (Å²) in [4.78, 5) is 34.3. The van der Waals surface area contributed by atoms with Crippen LogP contribution in [-0.2, 0) is 14.4 Å². The molecule has 1 rings (SSSR count). The first-order valence-electron chi connectivity index (χ1n) is 7.21. The monoisotopic (exact) mass is 284 g/mol. The Bertz CT molecular complexity index is 362. The lowest BCUT2D eigenvalue weighted by Crippen LogP contribution is -2.45. The number of carboxylic acid groups (broad SMARTS) is 1. The summed E-state index contributed by atoms with van der Waals surface area (Å²) in [6, 6.07) is -0.881. The number of rotatable bonds is 7. The van der Waals surface area contributed by atoms with Crippen LogP contribution in [0.15, 0.2) is 0 Å². The average molecular weight is 284 g/mol. The highest BCUT2D eigenvalue weighted by Crippen LogP contribution is 2.24. The molecule has 20 heavy (non-hydrogen) atoms. The number of hydrogen-bond acceptors (Lipinski definition) is 3. The molecule has 0 spiro atoms. The van der Waals surface area contributed by atoms with Gasteiger partial charge < -0.3 is 15.7 Å². The molecule has 1 aliphatic rings. The molecule has 0 heterocycles. The van der Waals surface area contributed by atoms with Gasteiger partial charge in [-0.05, 0) is 18.8 Å². The topological polar surface area (TPSA) is 95.5 Å². The van der Waals surface area contributed by atoms with E-state index in [2.05, 4.69) is 10.6 Å². The number of aliphatic carboxylic acids is 1. The van der Waals surface area contributed by atoms with Crippen molar-refractivity contribution in [2.24, 2.45) is 11.8 Å². The van der Waals surface area contributed by atoms with Gasteiger partial charge in [0.05, 0.1) is 0 Å².